The van der Waals surface area contributed by atoms with Crippen molar-refractivity contribution in [3.05, 3.63) is 24.3 Å². The molecule has 1 atom stereocenters. The fourth-order valence-corrected chi connectivity index (χ4v) is 2.07. The van der Waals surface area contributed by atoms with Gasteiger partial charge in [-0.1, -0.05) is 0 Å². The van der Waals surface area contributed by atoms with Gasteiger partial charge in [0.1, 0.15) is 5.69 Å². The molecule has 0 bridgehead atoms. The van der Waals surface area contributed by atoms with Crippen LogP contribution in [0.2, 0.25) is 0 Å². The molecule has 1 saturated heterocycles. The summed E-state index contributed by atoms with van der Waals surface area (Å²) in [6.45, 7) is 1.29. The lowest BCUT2D eigenvalue weighted by Gasteiger charge is -2.34. The minimum atomic E-state index is -0.0525. The maximum atomic E-state index is 12.1. The molecule has 0 aromatic carbocycles. The van der Waals surface area contributed by atoms with Gasteiger partial charge in [0.25, 0.3) is 5.91 Å². The van der Waals surface area contributed by atoms with E-state index < -0.39 is 0 Å². The normalized spacial score (nSPS) is 20.8. The molecule has 1 aliphatic heterocycles. The predicted octanol–water partition coefficient (Wildman–Crippen LogP) is 0.430. The zero-order valence-electron chi connectivity index (χ0n) is 9.17. The third kappa shape index (κ3) is 2.19. The summed E-state index contributed by atoms with van der Waals surface area (Å²) in [5.41, 5.74) is 6.09. The second-order valence-electron chi connectivity index (χ2n) is 3.97. The van der Waals surface area contributed by atoms with Gasteiger partial charge < -0.3 is 10.6 Å². The Hall–Kier alpha value is -1.49. The molecule has 16 heavy (non-hydrogen) atoms. The highest BCUT2D eigenvalue weighted by molar-refractivity contribution is 5.92. The molecule has 5 nitrogen and oxygen atoms in total. The van der Waals surface area contributed by atoms with E-state index in [0.717, 1.165) is 25.8 Å². The Labute approximate surface area is 94.7 Å². The van der Waals surface area contributed by atoms with Crippen LogP contribution in [-0.4, -0.2) is 39.9 Å². The summed E-state index contributed by atoms with van der Waals surface area (Å²) < 4.78 is 0. The van der Waals surface area contributed by atoms with Gasteiger partial charge in [-0.2, -0.15) is 0 Å². The number of carbonyl (C=O) groups excluding carboxylic acids is 1. The second kappa shape index (κ2) is 5.03. The number of likely N-dealkylation sites (tertiary alicyclic amines) is 1. The predicted molar refractivity (Wildman–Crippen MR) is 59.8 cm³/mol. The maximum Gasteiger partial charge on any atom is 0.274 e. The van der Waals surface area contributed by atoms with Crippen molar-refractivity contribution < 1.29 is 4.79 Å². The van der Waals surface area contributed by atoms with E-state index in [0.29, 0.717) is 12.2 Å². The van der Waals surface area contributed by atoms with Gasteiger partial charge in [0.05, 0.1) is 6.20 Å². The number of carbonyl (C=O) groups is 1. The molecule has 2 heterocycles. The molecule has 1 aliphatic rings. The summed E-state index contributed by atoms with van der Waals surface area (Å²) in [6, 6.07) is 0.156. The molecule has 86 valence electrons. The average molecular weight is 220 g/mol. The van der Waals surface area contributed by atoms with Crippen molar-refractivity contribution >= 4 is 5.91 Å². The smallest absolute Gasteiger partial charge is 0.274 e. The van der Waals surface area contributed by atoms with Crippen LogP contribution in [0, 0.1) is 0 Å². The highest BCUT2D eigenvalue weighted by Gasteiger charge is 2.26. The first-order valence-corrected chi connectivity index (χ1v) is 5.60. The van der Waals surface area contributed by atoms with Crippen LogP contribution in [-0.2, 0) is 0 Å². The molecule has 2 rings (SSSR count). The highest BCUT2D eigenvalue weighted by atomic mass is 16.2. The minimum absolute atomic E-state index is 0.0525. The summed E-state index contributed by atoms with van der Waals surface area (Å²) >= 11 is 0. The van der Waals surface area contributed by atoms with E-state index in [1.165, 1.54) is 12.4 Å². The fourth-order valence-electron chi connectivity index (χ4n) is 2.07. The number of piperidine rings is 1. The standard InChI is InChI=1S/C11H16N4O/c12-7-9-3-1-2-6-15(9)11(16)10-8-13-4-5-14-10/h4-5,8-9H,1-3,6-7,12H2/t9-/m1/s1. The Bertz CT molecular complexity index is 354. The van der Waals surface area contributed by atoms with E-state index in [4.69, 9.17) is 5.73 Å². The van der Waals surface area contributed by atoms with Crippen LogP contribution in [0.5, 0.6) is 0 Å². The van der Waals surface area contributed by atoms with Crippen molar-refractivity contribution in [2.24, 2.45) is 5.73 Å². The topological polar surface area (TPSA) is 72.1 Å². The zero-order valence-corrected chi connectivity index (χ0v) is 9.17. The lowest BCUT2D eigenvalue weighted by molar-refractivity contribution is 0.0617. The van der Waals surface area contributed by atoms with Gasteiger partial charge in [-0.15, -0.1) is 0 Å². The van der Waals surface area contributed by atoms with Gasteiger partial charge in [-0.25, -0.2) is 4.98 Å². The molecule has 5 heteroatoms. The fraction of sp³-hybridized carbons (Fsp3) is 0.545. The number of nitrogens with zero attached hydrogens (tertiary/aromatic N) is 3. The van der Waals surface area contributed by atoms with Gasteiger partial charge in [0.2, 0.25) is 0 Å². The van der Waals surface area contributed by atoms with Crippen molar-refractivity contribution in [2.75, 3.05) is 13.1 Å². The lowest BCUT2D eigenvalue weighted by atomic mass is 10.0. The van der Waals surface area contributed by atoms with Crippen molar-refractivity contribution in [2.45, 2.75) is 25.3 Å². The SMILES string of the molecule is NC[C@H]1CCCCN1C(=O)c1cnccn1. The largest absolute Gasteiger partial charge is 0.333 e. The van der Waals surface area contributed by atoms with E-state index in [1.807, 2.05) is 4.90 Å². The van der Waals surface area contributed by atoms with E-state index in [1.54, 1.807) is 6.20 Å². The lowest BCUT2D eigenvalue weighted by Crippen LogP contribution is -2.47. The molecule has 1 aromatic heterocycles. The first-order valence-electron chi connectivity index (χ1n) is 5.60. The molecule has 0 aliphatic carbocycles. The molecular weight excluding hydrogens is 204 g/mol. The second-order valence-corrected chi connectivity index (χ2v) is 3.97. The van der Waals surface area contributed by atoms with Gasteiger partial charge >= 0.3 is 0 Å². The van der Waals surface area contributed by atoms with Crippen LogP contribution in [0.3, 0.4) is 0 Å². The van der Waals surface area contributed by atoms with E-state index in [2.05, 4.69) is 9.97 Å². The van der Waals surface area contributed by atoms with Gasteiger partial charge in [-0.05, 0) is 19.3 Å². The van der Waals surface area contributed by atoms with Gasteiger partial charge in [0, 0.05) is 31.5 Å². The van der Waals surface area contributed by atoms with Crippen LogP contribution in [0.15, 0.2) is 18.6 Å². The van der Waals surface area contributed by atoms with Crippen molar-refractivity contribution in [3.63, 3.8) is 0 Å². The van der Waals surface area contributed by atoms with E-state index >= 15 is 0 Å². The molecule has 0 radical (unpaired) electrons. The quantitative estimate of drug-likeness (QED) is 0.784. The molecule has 0 saturated carbocycles. The Balaban J connectivity index is 2.14. The van der Waals surface area contributed by atoms with Crippen LogP contribution in [0.4, 0.5) is 0 Å². The molecule has 0 spiro atoms. The zero-order chi connectivity index (χ0) is 11.4. The average Bonchev–Trinajstić information content (AvgIpc) is 2.39. The van der Waals surface area contributed by atoms with Crippen molar-refractivity contribution in [1.29, 1.82) is 0 Å². The summed E-state index contributed by atoms with van der Waals surface area (Å²) in [4.78, 5) is 21.9. The van der Waals surface area contributed by atoms with E-state index in [-0.39, 0.29) is 11.9 Å². The summed E-state index contributed by atoms with van der Waals surface area (Å²) in [5.74, 6) is -0.0525. The molecule has 1 amide bonds. The third-order valence-electron chi connectivity index (χ3n) is 2.94. The Kier molecular flexibility index (Phi) is 3.46. The number of aromatic nitrogens is 2. The summed E-state index contributed by atoms with van der Waals surface area (Å²) in [7, 11) is 0. The Morgan fingerprint density at radius 1 is 1.50 bits per heavy atom. The number of hydrogen-bond donors (Lipinski definition) is 1. The number of rotatable bonds is 2. The summed E-state index contributed by atoms with van der Waals surface area (Å²) in [5, 5.41) is 0. The Morgan fingerprint density at radius 3 is 3.06 bits per heavy atom. The summed E-state index contributed by atoms with van der Waals surface area (Å²) in [6.07, 6.45) is 7.78. The number of amides is 1. The van der Waals surface area contributed by atoms with Crippen LogP contribution < -0.4 is 5.73 Å². The maximum absolute atomic E-state index is 12.1. The minimum Gasteiger partial charge on any atom is -0.333 e. The first-order chi connectivity index (χ1) is 7.83. The van der Waals surface area contributed by atoms with Crippen LogP contribution >= 0.6 is 0 Å². The van der Waals surface area contributed by atoms with Gasteiger partial charge in [0.15, 0.2) is 0 Å². The van der Waals surface area contributed by atoms with Crippen LogP contribution in [0.25, 0.3) is 0 Å². The Morgan fingerprint density at radius 2 is 2.38 bits per heavy atom. The molecule has 1 aromatic rings. The number of nitrogens with two attached hydrogens (primary N) is 1. The monoisotopic (exact) mass is 220 g/mol. The van der Waals surface area contributed by atoms with E-state index in [9.17, 15) is 4.79 Å². The van der Waals surface area contributed by atoms with Crippen molar-refractivity contribution in [1.82, 2.24) is 14.9 Å². The first kappa shape index (κ1) is 11.0. The molecule has 2 N–H and O–H groups in total. The molecule has 0 unspecified atom stereocenters. The molecular formula is C11H16N4O. The third-order valence-corrected chi connectivity index (χ3v) is 2.94. The van der Waals surface area contributed by atoms with Crippen LogP contribution in [0.1, 0.15) is 29.8 Å². The number of hydrogen-bond acceptors (Lipinski definition) is 4. The highest BCUT2D eigenvalue weighted by Crippen LogP contribution is 2.17. The van der Waals surface area contributed by atoms with Crippen molar-refractivity contribution in [3.8, 4) is 0 Å². The van der Waals surface area contributed by atoms with Gasteiger partial charge in [-0.3, -0.25) is 9.78 Å². The molecule has 1 fully saturated rings.